The number of benzene rings is 2. The third kappa shape index (κ3) is 5.65. The van der Waals surface area contributed by atoms with E-state index in [2.05, 4.69) is 15.6 Å². The number of ether oxygens (including phenoxy) is 1. The SMILES string of the molecule is Cc1cccc(NC(=O)c2cncc(C(=O)Nc3ccc(OC(C)C)cc3)c2)c1. The van der Waals surface area contributed by atoms with Gasteiger partial charge in [-0.3, -0.25) is 14.6 Å². The van der Waals surface area contributed by atoms with E-state index in [1.165, 1.54) is 18.5 Å². The molecule has 2 amide bonds. The Balaban J connectivity index is 1.68. The molecule has 0 saturated heterocycles. The van der Waals surface area contributed by atoms with Crippen molar-refractivity contribution in [2.75, 3.05) is 10.6 Å². The lowest BCUT2D eigenvalue weighted by molar-refractivity contribution is 0.102. The fraction of sp³-hybridized carbons (Fsp3) is 0.174. The topological polar surface area (TPSA) is 80.3 Å². The quantitative estimate of drug-likeness (QED) is 0.641. The van der Waals surface area contributed by atoms with Gasteiger partial charge in [0.05, 0.1) is 17.2 Å². The van der Waals surface area contributed by atoms with Crippen molar-refractivity contribution in [1.82, 2.24) is 4.98 Å². The molecule has 2 aromatic carbocycles. The zero-order chi connectivity index (χ0) is 20.8. The van der Waals surface area contributed by atoms with Crippen LogP contribution >= 0.6 is 0 Å². The van der Waals surface area contributed by atoms with Crippen LogP contribution in [0.1, 0.15) is 40.1 Å². The van der Waals surface area contributed by atoms with E-state index in [1.54, 1.807) is 24.3 Å². The number of aryl methyl sites for hydroxylation is 1. The highest BCUT2D eigenvalue weighted by atomic mass is 16.5. The molecule has 29 heavy (non-hydrogen) atoms. The molecule has 6 nitrogen and oxygen atoms in total. The highest BCUT2D eigenvalue weighted by Crippen LogP contribution is 2.18. The second-order valence-corrected chi connectivity index (χ2v) is 6.93. The van der Waals surface area contributed by atoms with E-state index in [0.717, 1.165) is 11.3 Å². The molecule has 2 N–H and O–H groups in total. The zero-order valence-electron chi connectivity index (χ0n) is 16.6. The first-order valence-electron chi connectivity index (χ1n) is 9.32. The van der Waals surface area contributed by atoms with Crippen LogP contribution in [0.25, 0.3) is 0 Å². The number of carbonyl (C=O) groups is 2. The molecule has 0 atom stereocenters. The lowest BCUT2D eigenvalue weighted by Gasteiger charge is -2.11. The van der Waals surface area contributed by atoms with Crippen molar-refractivity contribution in [3.05, 3.63) is 83.7 Å². The average molecular weight is 389 g/mol. The molecule has 0 fully saturated rings. The number of hydrogen-bond donors (Lipinski definition) is 2. The van der Waals surface area contributed by atoms with Crippen molar-refractivity contribution in [3.8, 4) is 5.75 Å². The van der Waals surface area contributed by atoms with Gasteiger partial charge < -0.3 is 15.4 Å². The Kier molecular flexibility index (Phi) is 6.24. The third-order valence-corrected chi connectivity index (χ3v) is 4.02. The number of aromatic nitrogens is 1. The summed E-state index contributed by atoms with van der Waals surface area (Å²) in [5, 5.41) is 5.61. The summed E-state index contributed by atoms with van der Waals surface area (Å²) < 4.78 is 5.59. The van der Waals surface area contributed by atoms with Gasteiger partial charge in [0.1, 0.15) is 5.75 Å². The smallest absolute Gasteiger partial charge is 0.257 e. The fourth-order valence-corrected chi connectivity index (χ4v) is 2.71. The maximum atomic E-state index is 12.5. The maximum Gasteiger partial charge on any atom is 0.257 e. The van der Waals surface area contributed by atoms with Gasteiger partial charge in [0.2, 0.25) is 0 Å². The van der Waals surface area contributed by atoms with Gasteiger partial charge >= 0.3 is 0 Å². The minimum atomic E-state index is -0.347. The van der Waals surface area contributed by atoms with Crippen LogP contribution in [0.2, 0.25) is 0 Å². The van der Waals surface area contributed by atoms with Crippen molar-refractivity contribution in [3.63, 3.8) is 0 Å². The minimum Gasteiger partial charge on any atom is -0.491 e. The number of anilines is 2. The number of carbonyl (C=O) groups excluding carboxylic acids is 2. The first-order valence-corrected chi connectivity index (χ1v) is 9.32. The molecule has 0 unspecified atom stereocenters. The van der Waals surface area contributed by atoms with E-state index in [-0.39, 0.29) is 17.9 Å². The number of rotatable bonds is 6. The highest BCUT2D eigenvalue weighted by Gasteiger charge is 2.12. The van der Waals surface area contributed by atoms with Gasteiger partial charge in [-0.1, -0.05) is 12.1 Å². The molecule has 0 bridgehead atoms. The molecule has 3 aromatic rings. The number of nitrogens with zero attached hydrogens (tertiary/aromatic N) is 1. The standard InChI is InChI=1S/C23H23N3O3/c1-15(2)29-21-9-7-19(8-10-21)25-22(27)17-12-18(14-24-13-17)23(28)26-20-6-4-5-16(3)11-20/h4-15H,1-3H3,(H,25,27)(H,26,28). The fourth-order valence-electron chi connectivity index (χ4n) is 2.71. The maximum absolute atomic E-state index is 12.5. The highest BCUT2D eigenvalue weighted by molar-refractivity contribution is 6.08. The first kappa shape index (κ1) is 20.1. The van der Waals surface area contributed by atoms with Crippen LogP contribution < -0.4 is 15.4 Å². The average Bonchev–Trinajstić information content (AvgIpc) is 2.69. The number of pyridine rings is 1. The second kappa shape index (κ2) is 9.01. The predicted molar refractivity (Wildman–Crippen MR) is 114 cm³/mol. The van der Waals surface area contributed by atoms with E-state index in [1.807, 2.05) is 45.0 Å². The van der Waals surface area contributed by atoms with Gasteiger partial charge in [0.15, 0.2) is 0 Å². The van der Waals surface area contributed by atoms with E-state index in [4.69, 9.17) is 4.74 Å². The molecular formula is C23H23N3O3. The monoisotopic (exact) mass is 389 g/mol. The van der Waals surface area contributed by atoms with Gasteiger partial charge in [0, 0.05) is 23.8 Å². The van der Waals surface area contributed by atoms with E-state index in [9.17, 15) is 9.59 Å². The van der Waals surface area contributed by atoms with Crippen molar-refractivity contribution in [1.29, 1.82) is 0 Å². The zero-order valence-corrected chi connectivity index (χ0v) is 16.6. The van der Waals surface area contributed by atoms with Crippen molar-refractivity contribution in [2.24, 2.45) is 0 Å². The molecule has 148 valence electrons. The minimum absolute atomic E-state index is 0.0789. The Labute approximate surface area is 169 Å². The van der Waals surface area contributed by atoms with Gasteiger partial charge in [-0.05, 0) is 68.8 Å². The summed E-state index contributed by atoms with van der Waals surface area (Å²) in [5.41, 5.74) is 2.96. The van der Waals surface area contributed by atoms with Crippen LogP contribution in [0, 0.1) is 6.92 Å². The van der Waals surface area contributed by atoms with Crippen LogP contribution in [0.3, 0.4) is 0 Å². The largest absolute Gasteiger partial charge is 0.491 e. The molecule has 0 saturated carbocycles. The molecule has 0 aliphatic rings. The Morgan fingerprint density at radius 2 is 1.48 bits per heavy atom. The molecule has 3 rings (SSSR count). The first-order chi connectivity index (χ1) is 13.9. The predicted octanol–water partition coefficient (Wildman–Crippen LogP) is 4.68. The lowest BCUT2D eigenvalue weighted by Crippen LogP contribution is -2.16. The summed E-state index contributed by atoms with van der Waals surface area (Å²) >= 11 is 0. The van der Waals surface area contributed by atoms with Gasteiger partial charge in [0.25, 0.3) is 11.8 Å². The van der Waals surface area contributed by atoms with Gasteiger partial charge in [-0.2, -0.15) is 0 Å². The lowest BCUT2D eigenvalue weighted by atomic mass is 10.1. The Hall–Kier alpha value is -3.67. The summed E-state index contributed by atoms with van der Waals surface area (Å²) in [5.74, 6) is 0.0580. The van der Waals surface area contributed by atoms with Crippen LogP contribution in [0.15, 0.2) is 67.0 Å². The van der Waals surface area contributed by atoms with Gasteiger partial charge in [-0.25, -0.2) is 0 Å². The Bertz CT molecular complexity index is 1010. The Morgan fingerprint density at radius 3 is 2.07 bits per heavy atom. The molecule has 0 aliphatic carbocycles. The van der Waals surface area contributed by atoms with Crippen LogP contribution in [-0.2, 0) is 0 Å². The summed E-state index contributed by atoms with van der Waals surface area (Å²) in [6.07, 6.45) is 2.94. The normalized spacial score (nSPS) is 10.5. The van der Waals surface area contributed by atoms with E-state index < -0.39 is 0 Å². The van der Waals surface area contributed by atoms with Crippen molar-refractivity contribution >= 4 is 23.2 Å². The third-order valence-electron chi connectivity index (χ3n) is 4.02. The second-order valence-electron chi connectivity index (χ2n) is 6.93. The molecule has 1 aromatic heterocycles. The summed E-state index contributed by atoms with van der Waals surface area (Å²) in [6.45, 7) is 5.85. The molecule has 0 aliphatic heterocycles. The summed E-state index contributed by atoms with van der Waals surface area (Å²) in [6, 6.07) is 16.1. The molecule has 6 heteroatoms. The summed E-state index contributed by atoms with van der Waals surface area (Å²) in [7, 11) is 0. The number of hydrogen-bond acceptors (Lipinski definition) is 4. The van der Waals surface area contributed by atoms with E-state index in [0.29, 0.717) is 22.5 Å². The summed E-state index contributed by atoms with van der Waals surface area (Å²) in [4.78, 5) is 29.1. The molecular weight excluding hydrogens is 366 g/mol. The van der Waals surface area contributed by atoms with Crippen LogP contribution in [-0.4, -0.2) is 22.9 Å². The molecule has 0 spiro atoms. The van der Waals surface area contributed by atoms with E-state index >= 15 is 0 Å². The van der Waals surface area contributed by atoms with Gasteiger partial charge in [-0.15, -0.1) is 0 Å². The van der Waals surface area contributed by atoms with Crippen molar-refractivity contribution in [2.45, 2.75) is 26.9 Å². The number of nitrogens with one attached hydrogen (secondary N) is 2. The van der Waals surface area contributed by atoms with Crippen LogP contribution in [0.5, 0.6) is 5.75 Å². The Morgan fingerprint density at radius 1 is 0.862 bits per heavy atom. The van der Waals surface area contributed by atoms with Crippen LogP contribution in [0.4, 0.5) is 11.4 Å². The van der Waals surface area contributed by atoms with Crippen molar-refractivity contribution < 1.29 is 14.3 Å². The number of amides is 2. The molecule has 1 heterocycles. The molecule has 0 radical (unpaired) electrons.